The van der Waals surface area contributed by atoms with E-state index >= 15 is 0 Å². The van der Waals surface area contributed by atoms with Crippen LogP contribution in [0.5, 0.6) is 0 Å². The largest absolute Gasteiger partial charge is 0.344 e. The van der Waals surface area contributed by atoms with Gasteiger partial charge in [-0.25, -0.2) is 4.98 Å². The minimum absolute atomic E-state index is 0.0918. The normalized spacial score (nSPS) is 19.0. The number of nitrogens with zero attached hydrogens (tertiary/aromatic N) is 2. The predicted octanol–water partition coefficient (Wildman–Crippen LogP) is 1.38. The van der Waals surface area contributed by atoms with Gasteiger partial charge in [0.1, 0.15) is 12.5 Å². The second kappa shape index (κ2) is 8.05. The first-order valence-electron chi connectivity index (χ1n) is 7.76. The van der Waals surface area contributed by atoms with Gasteiger partial charge in [0.25, 0.3) is 0 Å². The number of carbonyl (C=O) groups excluding carboxylic acids is 3. The lowest BCUT2D eigenvalue weighted by molar-refractivity contribution is -0.139. The van der Waals surface area contributed by atoms with Gasteiger partial charge in [-0.1, -0.05) is 0 Å². The molecule has 1 aromatic rings. The number of rotatable bonds is 5. The molecule has 0 unspecified atom stereocenters. The molecule has 8 heteroatoms. The highest BCUT2D eigenvalue weighted by atomic mass is 32.1. The molecule has 1 fully saturated rings. The molecule has 1 aliphatic rings. The zero-order valence-electron chi connectivity index (χ0n) is 13.4. The summed E-state index contributed by atoms with van der Waals surface area (Å²) >= 11 is 1.28. The fourth-order valence-corrected chi connectivity index (χ4v) is 3.17. The molecule has 2 heterocycles. The van der Waals surface area contributed by atoms with E-state index in [4.69, 9.17) is 0 Å². The van der Waals surface area contributed by atoms with Crippen LogP contribution in [-0.4, -0.2) is 46.2 Å². The summed E-state index contributed by atoms with van der Waals surface area (Å²) in [5, 5.41) is 7.32. The number of anilines is 1. The first-order valence-corrected chi connectivity index (χ1v) is 8.64. The first-order chi connectivity index (χ1) is 11.0. The molecule has 0 bridgehead atoms. The number of amides is 3. The second-order valence-corrected chi connectivity index (χ2v) is 6.62. The molecule has 1 aromatic heterocycles. The topological polar surface area (TPSA) is 91.4 Å². The maximum absolute atomic E-state index is 12.4. The Bertz CT molecular complexity index is 561. The zero-order valence-corrected chi connectivity index (χ0v) is 14.2. The predicted molar refractivity (Wildman–Crippen MR) is 88.0 cm³/mol. The average Bonchev–Trinajstić information content (AvgIpc) is 2.99. The van der Waals surface area contributed by atoms with Crippen molar-refractivity contribution in [2.75, 3.05) is 11.9 Å². The highest BCUT2D eigenvalue weighted by Gasteiger charge is 2.28. The lowest BCUT2D eigenvalue weighted by atomic mass is 10.0. The third-order valence-corrected chi connectivity index (χ3v) is 4.52. The Kier molecular flexibility index (Phi) is 6.09. The fourth-order valence-electron chi connectivity index (χ4n) is 2.62. The molecule has 0 aliphatic carbocycles. The van der Waals surface area contributed by atoms with Gasteiger partial charge in [0.05, 0.1) is 0 Å². The van der Waals surface area contributed by atoms with E-state index in [-0.39, 0.29) is 18.4 Å². The van der Waals surface area contributed by atoms with Crippen molar-refractivity contribution in [3.63, 3.8) is 0 Å². The molecule has 126 valence electrons. The van der Waals surface area contributed by atoms with Crippen LogP contribution in [0, 0.1) is 0 Å². The van der Waals surface area contributed by atoms with E-state index in [1.807, 2.05) is 11.8 Å². The number of piperidine rings is 1. The minimum Gasteiger partial charge on any atom is -0.344 e. The zero-order chi connectivity index (χ0) is 16.8. The van der Waals surface area contributed by atoms with E-state index in [0.29, 0.717) is 5.13 Å². The third kappa shape index (κ3) is 5.02. The highest BCUT2D eigenvalue weighted by molar-refractivity contribution is 7.13. The number of likely N-dealkylation sites (tertiary alicyclic amines) is 1. The molecule has 1 saturated heterocycles. The summed E-state index contributed by atoms with van der Waals surface area (Å²) in [4.78, 5) is 41.7. The Morgan fingerprint density at radius 2 is 2.17 bits per heavy atom. The van der Waals surface area contributed by atoms with Crippen LogP contribution in [0.4, 0.5) is 5.13 Å². The van der Waals surface area contributed by atoms with Gasteiger partial charge in [-0.2, -0.15) is 0 Å². The van der Waals surface area contributed by atoms with Crippen LogP contribution in [0.3, 0.4) is 0 Å². The van der Waals surface area contributed by atoms with Crippen LogP contribution >= 0.6 is 11.3 Å². The van der Waals surface area contributed by atoms with Crippen LogP contribution in [0.2, 0.25) is 0 Å². The van der Waals surface area contributed by atoms with Crippen molar-refractivity contribution in [3.8, 4) is 0 Å². The molecule has 2 N–H and O–H groups in total. The minimum atomic E-state index is -0.629. The molecular weight excluding hydrogens is 316 g/mol. The van der Waals surface area contributed by atoms with Crippen molar-refractivity contribution in [2.45, 2.75) is 51.6 Å². The van der Waals surface area contributed by atoms with Crippen LogP contribution in [0.15, 0.2) is 11.6 Å². The number of thiazole rings is 1. The molecule has 3 amide bonds. The number of hydrogen-bond acceptors (Lipinski definition) is 5. The van der Waals surface area contributed by atoms with Crippen LogP contribution in [0.1, 0.15) is 39.5 Å². The van der Waals surface area contributed by atoms with Crippen molar-refractivity contribution >= 4 is 34.2 Å². The number of hydrogen-bond donors (Lipinski definition) is 2. The van der Waals surface area contributed by atoms with Gasteiger partial charge < -0.3 is 15.5 Å². The third-order valence-electron chi connectivity index (χ3n) is 3.83. The second-order valence-electron chi connectivity index (χ2n) is 5.73. The summed E-state index contributed by atoms with van der Waals surface area (Å²) in [5.74, 6) is -1.00. The first kappa shape index (κ1) is 17.4. The smallest absolute Gasteiger partial charge is 0.245 e. The number of carbonyl (C=O) groups is 3. The van der Waals surface area contributed by atoms with Gasteiger partial charge in [0.15, 0.2) is 5.13 Å². The van der Waals surface area contributed by atoms with Gasteiger partial charge >= 0.3 is 0 Å². The van der Waals surface area contributed by atoms with Crippen molar-refractivity contribution < 1.29 is 14.4 Å². The number of aromatic nitrogens is 1. The van der Waals surface area contributed by atoms with Crippen LogP contribution in [0.25, 0.3) is 0 Å². The summed E-state index contributed by atoms with van der Waals surface area (Å²) in [6.45, 7) is 4.40. The summed E-state index contributed by atoms with van der Waals surface area (Å²) < 4.78 is 0. The molecule has 2 atom stereocenters. The van der Waals surface area contributed by atoms with Gasteiger partial charge in [0, 0.05) is 24.2 Å². The van der Waals surface area contributed by atoms with E-state index in [1.165, 1.54) is 11.3 Å². The average molecular weight is 338 g/mol. The Morgan fingerprint density at radius 3 is 2.83 bits per heavy atom. The Hall–Kier alpha value is -1.96. The van der Waals surface area contributed by atoms with Crippen LogP contribution < -0.4 is 10.6 Å². The van der Waals surface area contributed by atoms with Crippen molar-refractivity contribution in [1.29, 1.82) is 0 Å². The Morgan fingerprint density at radius 1 is 1.39 bits per heavy atom. The lowest BCUT2D eigenvalue weighted by Gasteiger charge is -2.35. The van der Waals surface area contributed by atoms with E-state index < -0.39 is 17.9 Å². The van der Waals surface area contributed by atoms with Gasteiger partial charge in [-0.15, -0.1) is 11.3 Å². The molecule has 0 spiro atoms. The van der Waals surface area contributed by atoms with Crippen LogP contribution in [-0.2, 0) is 14.4 Å². The van der Waals surface area contributed by atoms with E-state index in [9.17, 15) is 14.4 Å². The van der Waals surface area contributed by atoms with Gasteiger partial charge in [-0.3, -0.25) is 14.4 Å². The van der Waals surface area contributed by atoms with Crippen molar-refractivity contribution in [2.24, 2.45) is 0 Å². The van der Waals surface area contributed by atoms with E-state index in [2.05, 4.69) is 15.6 Å². The summed E-state index contributed by atoms with van der Waals surface area (Å²) in [6, 6.07) is -0.431. The summed E-state index contributed by atoms with van der Waals surface area (Å²) in [6.07, 6.45) is 4.35. The molecule has 0 saturated carbocycles. The molecule has 1 aliphatic heterocycles. The Labute approximate surface area is 139 Å². The molecule has 0 radical (unpaired) electrons. The summed E-state index contributed by atoms with van der Waals surface area (Å²) in [5.41, 5.74) is 0. The standard InChI is InChI=1S/C15H22N4O3S/c1-10-5-3-4-7-19(10)14(22)11(2)17-12(20)9-13(21)18-15-16-6-8-23-15/h6,8,10-11H,3-5,7,9H2,1-2H3,(H,17,20)(H,16,18,21)/t10-,11+/m0/s1. The Balaban J connectivity index is 1.79. The summed E-state index contributed by atoms with van der Waals surface area (Å²) in [7, 11) is 0. The molecule has 2 rings (SSSR count). The molecular formula is C15H22N4O3S. The van der Waals surface area contributed by atoms with Gasteiger partial charge in [-0.05, 0) is 33.1 Å². The lowest BCUT2D eigenvalue weighted by Crippen LogP contribution is -2.51. The molecule has 0 aromatic carbocycles. The van der Waals surface area contributed by atoms with Crippen molar-refractivity contribution in [3.05, 3.63) is 11.6 Å². The maximum atomic E-state index is 12.4. The highest BCUT2D eigenvalue weighted by Crippen LogP contribution is 2.17. The van der Waals surface area contributed by atoms with Gasteiger partial charge in [0.2, 0.25) is 17.7 Å². The monoisotopic (exact) mass is 338 g/mol. The number of nitrogens with one attached hydrogen (secondary N) is 2. The fraction of sp³-hybridized carbons (Fsp3) is 0.600. The SMILES string of the molecule is C[C@@H](NC(=O)CC(=O)Nc1nccs1)C(=O)N1CCCC[C@@H]1C. The van der Waals surface area contributed by atoms with E-state index in [0.717, 1.165) is 25.8 Å². The van der Waals surface area contributed by atoms with E-state index in [1.54, 1.807) is 18.5 Å². The maximum Gasteiger partial charge on any atom is 0.245 e. The van der Waals surface area contributed by atoms with Crippen molar-refractivity contribution in [1.82, 2.24) is 15.2 Å². The molecule has 7 nitrogen and oxygen atoms in total. The molecule has 23 heavy (non-hydrogen) atoms. The quantitative estimate of drug-likeness (QED) is 0.794.